The molecule has 0 bridgehead atoms. The van der Waals surface area contributed by atoms with Crippen molar-refractivity contribution in [1.82, 2.24) is 19.7 Å². The third-order valence-electron chi connectivity index (χ3n) is 3.57. The number of pyridine rings is 1. The first kappa shape index (κ1) is 19.0. The number of hydrogen-bond donors (Lipinski definition) is 1. The lowest BCUT2D eigenvalue weighted by molar-refractivity contribution is -0.141. The molecular formula is C16H12F4N4O2S. The molecular weight excluding hydrogens is 388 g/mol. The van der Waals surface area contributed by atoms with Gasteiger partial charge in [-0.1, -0.05) is 0 Å². The molecule has 27 heavy (non-hydrogen) atoms. The lowest BCUT2D eigenvalue weighted by Crippen LogP contribution is -2.11. The molecule has 0 aliphatic rings. The summed E-state index contributed by atoms with van der Waals surface area (Å²) >= 11 is 0. The molecule has 0 saturated carbocycles. The number of hydrogen-bond acceptors (Lipinski definition) is 5. The number of benzene rings is 1. The Morgan fingerprint density at radius 1 is 1.07 bits per heavy atom. The molecule has 2 aromatic heterocycles. The molecule has 0 aliphatic heterocycles. The van der Waals surface area contributed by atoms with Crippen LogP contribution >= 0.6 is 0 Å². The topological polar surface area (TPSA) is 77.7 Å². The molecule has 3 rings (SSSR count). The van der Waals surface area contributed by atoms with E-state index in [1.807, 2.05) is 0 Å². The van der Waals surface area contributed by atoms with Crippen molar-refractivity contribution in [3.63, 3.8) is 0 Å². The van der Waals surface area contributed by atoms with Crippen molar-refractivity contribution in [2.45, 2.75) is 18.5 Å². The zero-order valence-corrected chi connectivity index (χ0v) is 14.4. The highest BCUT2D eigenvalue weighted by atomic mass is 32.2. The molecule has 2 heterocycles. The molecule has 6 nitrogen and oxygen atoms in total. The first-order valence-electron chi connectivity index (χ1n) is 7.56. The summed E-state index contributed by atoms with van der Waals surface area (Å²) in [5.41, 5.74) is -0.381. The van der Waals surface area contributed by atoms with Crippen LogP contribution in [-0.4, -0.2) is 28.2 Å². The number of halogens is 4. The van der Waals surface area contributed by atoms with Gasteiger partial charge in [-0.05, 0) is 42.0 Å². The SMILES string of the molecule is O=[SH](=O)Cc1nc(-c2ccc(F)cc2)nn1Cc1ccnc(C(F)(F)F)c1. The Balaban J connectivity index is 1.97. The average Bonchev–Trinajstić information content (AvgIpc) is 2.97. The van der Waals surface area contributed by atoms with Crippen molar-refractivity contribution < 1.29 is 26.0 Å². The molecule has 11 heteroatoms. The van der Waals surface area contributed by atoms with Gasteiger partial charge in [0.05, 0.1) is 6.54 Å². The molecule has 0 radical (unpaired) electrons. The van der Waals surface area contributed by atoms with Crippen LogP contribution in [0.3, 0.4) is 0 Å². The van der Waals surface area contributed by atoms with Crippen LogP contribution in [0.15, 0.2) is 42.6 Å². The van der Waals surface area contributed by atoms with Gasteiger partial charge in [0.25, 0.3) is 0 Å². The zero-order chi connectivity index (χ0) is 19.6. The van der Waals surface area contributed by atoms with Crippen molar-refractivity contribution in [3.05, 3.63) is 65.5 Å². The van der Waals surface area contributed by atoms with Crippen LogP contribution in [0.1, 0.15) is 17.1 Å². The molecule has 0 N–H and O–H groups in total. The van der Waals surface area contributed by atoms with Crippen molar-refractivity contribution in [1.29, 1.82) is 0 Å². The maximum absolute atomic E-state index is 13.1. The van der Waals surface area contributed by atoms with Crippen LogP contribution < -0.4 is 0 Å². The fraction of sp³-hybridized carbons (Fsp3) is 0.188. The van der Waals surface area contributed by atoms with E-state index in [4.69, 9.17) is 0 Å². The Bertz CT molecular complexity index is 1020. The zero-order valence-electron chi connectivity index (χ0n) is 13.5. The summed E-state index contributed by atoms with van der Waals surface area (Å²) in [7, 11) is -2.83. The minimum atomic E-state index is -4.60. The smallest absolute Gasteiger partial charge is 0.252 e. The molecule has 0 atom stereocenters. The van der Waals surface area contributed by atoms with Gasteiger partial charge in [-0.2, -0.15) is 18.3 Å². The van der Waals surface area contributed by atoms with Crippen LogP contribution in [0.5, 0.6) is 0 Å². The molecule has 142 valence electrons. The fourth-order valence-electron chi connectivity index (χ4n) is 2.36. The lowest BCUT2D eigenvalue weighted by Gasteiger charge is -2.08. The Kier molecular flexibility index (Phi) is 5.22. The minimum absolute atomic E-state index is 0.0656. The van der Waals surface area contributed by atoms with Crippen LogP contribution in [0, 0.1) is 5.82 Å². The summed E-state index contributed by atoms with van der Waals surface area (Å²) in [5, 5.41) is 4.16. The molecule has 0 aliphatic carbocycles. The molecule has 3 aromatic rings. The number of nitrogens with zero attached hydrogens (tertiary/aromatic N) is 4. The average molecular weight is 400 g/mol. The van der Waals surface area contributed by atoms with Crippen LogP contribution in [-0.2, 0) is 29.2 Å². The number of aromatic nitrogens is 4. The second-order valence-electron chi connectivity index (χ2n) is 5.55. The van der Waals surface area contributed by atoms with Gasteiger partial charge in [-0.15, -0.1) is 0 Å². The van der Waals surface area contributed by atoms with E-state index < -0.39 is 34.1 Å². The maximum atomic E-state index is 13.1. The van der Waals surface area contributed by atoms with E-state index in [0.717, 1.165) is 12.3 Å². The Morgan fingerprint density at radius 2 is 1.78 bits per heavy atom. The summed E-state index contributed by atoms with van der Waals surface area (Å²) in [4.78, 5) is 7.41. The van der Waals surface area contributed by atoms with Crippen LogP contribution in [0.4, 0.5) is 17.6 Å². The van der Waals surface area contributed by atoms with E-state index in [0.29, 0.717) is 5.56 Å². The van der Waals surface area contributed by atoms with E-state index in [9.17, 15) is 26.0 Å². The van der Waals surface area contributed by atoms with Gasteiger partial charge in [-0.3, -0.25) is 4.98 Å². The molecule has 1 aromatic carbocycles. The predicted octanol–water partition coefficient (Wildman–Crippen LogP) is 2.66. The summed E-state index contributed by atoms with van der Waals surface area (Å²) in [6.07, 6.45) is -3.58. The normalized spacial score (nSPS) is 11.9. The van der Waals surface area contributed by atoms with Crippen molar-refractivity contribution in [2.75, 3.05) is 0 Å². The molecule has 0 unspecified atom stereocenters. The van der Waals surface area contributed by atoms with Crippen LogP contribution in [0.25, 0.3) is 11.4 Å². The quantitative estimate of drug-likeness (QED) is 0.526. The van der Waals surface area contributed by atoms with E-state index >= 15 is 0 Å². The van der Waals surface area contributed by atoms with E-state index in [-0.39, 0.29) is 23.8 Å². The second-order valence-corrected chi connectivity index (χ2v) is 6.54. The third-order valence-corrected chi connectivity index (χ3v) is 4.11. The van der Waals surface area contributed by atoms with E-state index in [2.05, 4.69) is 15.1 Å². The van der Waals surface area contributed by atoms with Gasteiger partial charge in [0, 0.05) is 11.8 Å². The lowest BCUT2D eigenvalue weighted by atomic mass is 10.2. The minimum Gasteiger partial charge on any atom is -0.252 e. The van der Waals surface area contributed by atoms with Crippen LogP contribution in [0.2, 0.25) is 0 Å². The monoisotopic (exact) mass is 400 g/mol. The highest BCUT2D eigenvalue weighted by molar-refractivity contribution is 7.71. The first-order chi connectivity index (χ1) is 12.7. The highest BCUT2D eigenvalue weighted by Gasteiger charge is 2.32. The number of thiol groups is 1. The van der Waals surface area contributed by atoms with Gasteiger partial charge in [0.1, 0.15) is 33.8 Å². The fourth-order valence-corrected chi connectivity index (χ4v) is 2.82. The summed E-state index contributed by atoms with van der Waals surface area (Å²) in [6, 6.07) is 7.47. The standard InChI is InChI=1S/C16H12F4N4O2S/c17-12-3-1-11(2-4-12)15-22-14(9-27(25)26)24(23-15)8-10-5-6-21-13(7-10)16(18,19)20/h1-7,27H,8-9H2. The van der Waals surface area contributed by atoms with E-state index in [1.165, 1.54) is 35.0 Å². The highest BCUT2D eigenvalue weighted by Crippen LogP contribution is 2.28. The number of rotatable bonds is 5. The summed E-state index contributed by atoms with van der Waals surface area (Å²) < 4.78 is 74.9. The van der Waals surface area contributed by atoms with Gasteiger partial charge >= 0.3 is 6.18 Å². The summed E-state index contributed by atoms with van der Waals surface area (Å²) in [5.74, 6) is -0.680. The molecule has 0 amide bonds. The van der Waals surface area contributed by atoms with Gasteiger partial charge < -0.3 is 0 Å². The van der Waals surface area contributed by atoms with Gasteiger partial charge in [0.2, 0.25) is 0 Å². The Hall–Kier alpha value is -2.82. The second kappa shape index (κ2) is 7.43. The first-order valence-corrected chi connectivity index (χ1v) is 8.92. The van der Waals surface area contributed by atoms with Gasteiger partial charge in [0.15, 0.2) is 5.82 Å². The molecule has 0 fully saturated rings. The summed E-state index contributed by atoms with van der Waals surface area (Å²) in [6.45, 7) is -0.127. The Morgan fingerprint density at radius 3 is 2.41 bits per heavy atom. The number of alkyl halides is 3. The van der Waals surface area contributed by atoms with Crippen molar-refractivity contribution >= 4 is 10.7 Å². The van der Waals surface area contributed by atoms with Gasteiger partial charge in [-0.25, -0.2) is 22.5 Å². The third kappa shape index (κ3) is 4.67. The van der Waals surface area contributed by atoms with Crippen molar-refractivity contribution in [3.8, 4) is 11.4 Å². The predicted molar refractivity (Wildman–Crippen MR) is 87.8 cm³/mol. The van der Waals surface area contributed by atoms with Crippen molar-refractivity contribution in [2.24, 2.45) is 0 Å². The molecule has 0 spiro atoms. The van der Waals surface area contributed by atoms with E-state index in [1.54, 1.807) is 0 Å². The molecule has 0 saturated heterocycles. The Labute approximate surface area is 152 Å². The maximum Gasteiger partial charge on any atom is 0.433 e. The largest absolute Gasteiger partial charge is 0.433 e.